The monoisotopic (exact) mass is 398 g/mol. The lowest BCUT2D eigenvalue weighted by Gasteiger charge is -2.12. The van der Waals surface area contributed by atoms with Crippen molar-refractivity contribution in [3.05, 3.63) is 37.8 Å². The first-order valence-electron chi connectivity index (χ1n) is 6.88. The maximum Gasteiger partial charge on any atom is 0.264 e. The average Bonchev–Trinajstić information content (AvgIpc) is 2.98. The number of aromatic amines is 1. The van der Waals surface area contributed by atoms with E-state index in [9.17, 15) is 15.0 Å². The van der Waals surface area contributed by atoms with E-state index in [0.29, 0.717) is 20.9 Å². The topological polar surface area (TPSA) is 86.2 Å². The molecule has 0 unspecified atom stereocenters. The number of hydrogen-bond donors (Lipinski definition) is 3. The zero-order chi connectivity index (χ0) is 15.0. The van der Waals surface area contributed by atoms with Gasteiger partial charge in [0.15, 0.2) is 11.5 Å². The van der Waals surface area contributed by atoms with E-state index in [4.69, 9.17) is 0 Å². The van der Waals surface area contributed by atoms with Crippen molar-refractivity contribution >= 4 is 22.6 Å². The van der Waals surface area contributed by atoms with Gasteiger partial charge in [-0.2, -0.15) is 0 Å². The Labute approximate surface area is 135 Å². The third-order valence-corrected chi connectivity index (χ3v) is 4.92. The predicted octanol–water partition coefficient (Wildman–Crippen LogP) is 3.11. The number of aromatic nitrogens is 2. The van der Waals surface area contributed by atoms with E-state index in [1.807, 2.05) is 22.6 Å². The maximum atomic E-state index is 12.1. The number of H-pyrrole nitrogens is 1. The molecule has 1 saturated carbocycles. The molecule has 0 amide bonds. The van der Waals surface area contributed by atoms with Crippen molar-refractivity contribution in [1.29, 1.82) is 0 Å². The van der Waals surface area contributed by atoms with Crippen molar-refractivity contribution in [3.63, 3.8) is 0 Å². The van der Waals surface area contributed by atoms with Crippen LogP contribution in [0.5, 0.6) is 11.5 Å². The van der Waals surface area contributed by atoms with Gasteiger partial charge in [0.1, 0.15) is 5.82 Å². The molecule has 1 aromatic carbocycles. The summed E-state index contributed by atoms with van der Waals surface area (Å²) < 4.78 is 0.645. The number of phenols is 2. The highest BCUT2D eigenvalue weighted by atomic mass is 127. The minimum absolute atomic E-state index is 0.157. The molecular formula is C15H15IN2O3. The molecule has 6 heteroatoms. The molecule has 110 valence electrons. The first-order valence-corrected chi connectivity index (χ1v) is 7.96. The Morgan fingerprint density at radius 2 is 1.90 bits per heavy atom. The third-order valence-electron chi connectivity index (χ3n) is 3.88. The number of nitrogens with zero attached hydrogens (tertiary/aromatic N) is 1. The fraction of sp³-hybridized carbons (Fsp3) is 0.333. The largest absolute Gasteiger partial charge is 0.504 e. The van der Waals surface area contributed by atoms with Gasteiger partial charge < -0.3 is 15.2 Å². The summed E-state index contributed by atoms with van der Waals surface area (Å²) in [6.07, 6.45) is 4.47. The number of hydrogen-bond acceptors (Lipinski definition) is 4. The van der Waals surface area contributed by atoms with Crippen molar-refractivity contribution in [2.24, 2.45) is 0 Å². The molecule has 0 aliphatic heterocycles. The normalized spacial score (nSPS) is 15.5. The molecule has 3 rings (SSSR count). The SMILES string of the molecule is O=c1[nH]c(-c2ccc(O)c(O)c2)nc(C2CCCC2)c1I. The lowest BCUT2D eigenvalue weighted by atomic mass is 10.0. The summed E-state index contributed by atoms with van der Waals surface area (Å²) in [5.41, 5.74) is 1.27. The van der Waals surface area contributed by atoms with E-state index in [2.05, 4.69) is 9.97 Å². The van der Waals surface area contributed by atoms with Crippen LogP contribution in [-0.4, -0.2) is 20.2 Å². The predicted molar refractivity (Wildman–Crippen MR) is 87.5 cm³/mol. The van der Waals surface area contributed by atoms with Gasteiger partial charge in [-0.05, 0) is 53.6 Å². The highest BCUT2D eigenvalue weighted by Gasteiger charge is 2.23. The Bertz CT molecular complexity index is 736. The molecule has 0 spiro atoms. The molecule has 1 fully saturated rings. The van der Waals surface area contributed by atoms with Crippen LogP contribution < -0.4 is 5.56 Å². The van der Waals surface area contributed by atoms with E-state index >= 15 is 0 Å². The summed E-state index contributed by atoms with van der Waals surface area (Å²) in [7, 11) is 0. The second-order valence-electron chi connectivity index (χ2n) is 5.30. The second kappa shape index (κ2) is 5.67. The van der Waals surface area contributed by atoms with Crippen LogP contribution in [0.15, 0.2) is 23.0 Å². The van der Waals surface area contributed by atoms with Crippen molar-refractivity contribution < 1.29 is 10.2 Å². The molecular weight excluding hydrogens is 383 g/mol. The molecule has 5 nitrogen and oxygen atoms in total. The summed E-state index contributed by atoms with van der Waals surface area (Å²) in [4.78, 5) is 19.5. The first kappa shape index (κ1) is 14.4. The Morgan fingerprint density at radius 1 is 1.19 bits per heavy atom. The molecule has 0 atom stereocenters. The van der Waals surface area contributed by atoms with Crippen molar-refractivity contribution in [3.8, 4) is 22.9 Å². The van der Waals surface area contributed by atoms with E-state index in [1.54, 1.807) is 6.07 Å². The van der Waals surface area contributed by atoms with Crippen LogP contribution in [-0.2, 0) is 0 Å². The smallest absolute Gasteiger partial charge is 0.264 e. The molecule has 1 aliphatic carbocycles. The summed E-state index contributed by atoms with van der Waals surface area (Å²) in [6.45, 7) is 0. The highest BCUT2D eigenvalue weighted by Crippen LogP contribution is 2.35. The summed E-state index contributed by atoms with van der Waals surface area (Å²) in [5, 5.41) is 19.0. The van der Waals surface area contributed by atoms with Gasteiger partial charge in [-0.3, -0.25) is 4.79 Å². The summed E-state index contributed by atoms with van der Waals surface area (Å²) >= 11 is 2.05. The van der Waals surface area contributed by atoms with Gasteiger partial charge in [0.05, 0.1) is 9.26 Å². The van der Waals surface area contributed by atoms with Gasteiger partial charge in [-0.25, -0.2) is 4.98 Å². The minimum atomic E-state index is -0.226. The van der Waals surface area contributed by atoms with Gasteiger partial charge >= 0.3 is 0 Å². The number of aromatic hydroxyl groups is 2. The fourth-order valence-corrected chi connectivity index (χ4v) is 3.45. The fourth-order valence-electron chi connectivity index (χ4n) is 2.75. The molecule has 1 heterocycles. The molecule has 0 radical (unpaired) electrons. The standard InChI is InChI=1S/C15H15IN2O3/c16-12-13(8-3-1-2-4-8)17-14(18-15(12)21)9-5-6-10(19)11(20)7-9/h5-8,19-20H,1-4H2,(H,17,18,21). The summed E-state index contributed by atoms with van der Waals surface area (Å²) in [6, 6.07) is 4.41. The number of phenolic OH excluding ortho intramolecular Hbond substituents is 2. The molecule has 1 aliphatic rings. The lowest BCUT2D eigenvalue weighted by molar-refractivity contribution is 0.404. The molecule has 2 aromatic rings. The quantitative estimate of drug-likeness (QED) is 0.536. The van der Waals surface area contributed by atoms with Gasteiger partial charge in [0.25, 0.3) is 5.56 Å². The lowest BCUT2D eigenvalue weighted by Crippen LogP contribution is -2.17. The van der Waals surface area contributed by atoms with Crippen molar-refractivity contribution in [2.75, 3.05) is 0 Å². The number of benzene rings is 1. The van der Waals surface area contributed by atoms with Gasteiger partial charge in [-0.15, -0.1) is 0 Å². The van der Waals surface area contributed by atoms with Crippen molar-refractivity contribution in [2.45, 2.75) is 31.6 Å². The second-order valence-corrected chi connectivity index (χ2v) is 6.38. The zero-order valence-corrected chi connectivity index (χ0v) is 13.4. The highest BCUT2D eigenvalue weighted by molar-refractivity contribution is 14.1. The molecule has 0 bridgehead atoms. The van der Waals surface area contributed by atoms with E-state index in [1.165, 1.54) is 25.0 Å². The maximum absolute atomic E-state index is 12.1. The van der Waals surface area contributed by atoms with Crippen LogP contribution >= 0.6 is 22.6 Å². The number of nitrogens with one attached hydrogen (secondary N) is 1. The van der Waals surface area contributed by atoms with Crippen LogP contribution in [0.25, 0.3) is 11.4 Å². The Morgan fingerprint density at radius 3 is 2.57 bits per heavy atom. The van der Waals surface area contributed by atoms with Crippen molar-refractivity contribution in [1.82, 2.24) is 9.97 Å². The first-order chi connectivity index (χ1) is 10.1. The van der Waals surface area contributed by atoms with Crippen LogP contribution in [0.1, 0.15) is 37.3 Å². The Balaban J connectivity index is 2.10. The van der Waals surface area contributed by atoms with Gasteiger partial charge in [0, 0.05) is 11.5 Å². The minimum Gasteiger partial charge on any atom is -0.504 e. The van der Waals surface area contributed by atoms with Crippen LogP contribution in [0.4, 0.5) is 0 Å². The Hall–Kier alpha value is -1.57. The van der Waals surface area contributed by atoms with Crippen LogP contribution in [0.3, 0.4) is 0 Å². The number of rotatable bonds is 2. The molecule has 3 N–H and O–H groups in total. The number of halogens is 1. The zero-order valence-electron chi connectivity index (χ0n) is 11.3. The summed E-state index contributed by atoms with van der Waals surface area (Å²) in [5.74, 6) is 0.347. The van der Waals surface area contributed by atoms with Crippen LogP contribution in [0, 0.1) is 3.57 Å². The molecule has 0 saturated heterocycles. The van der Waals surface area contributed by atoms with E-state index in [-0.39, 0.29) is 17.1 Å². The molecule has 21 heavy (non-hydrogen) atoms. The van der Waals surface area contributed by atoms with Crippen LogP contribution in [0.2, 0.25) is 0 Å². The Kier molecular flexibility index (Phi) is 3.88. The van der Waals surface area contributed by atoms with E-state index in [0.717, 1.165) is 18.5 Å². The van der Waals surface area contributed by atoms with E-state index < -0.39 is 0 Å². The van der Waals surface area contributed by atoms with Gasteiger partial charge in [0.2, 0.25) is 0 Å². The van der Waals surface area contributed by atoms with Gasteiger partial charge in [-0.1, -0.05) is 12.8 Å². The third kappa shape index (κ3) is 2.76. The average molecular weight is 398 g/mol. The molecule has 1 aromatic heterocycles.